The molecule has 4 rings (SSSR count). The summed E-state index contributed by atoms with van der Waals surface area (Å²) in [6.45, 7) is 0.0977. The summed E-state index contributed by atoms with van der Waals surface area (Å²) in [5.41, 5.74) is 2.16. The van der Waals surface area contributed by atoms with Crippen molar-refractivity contribution in [3.05, 3.63) is 93.9 Å². The largest absolute Gasteiger partial charge is 0.495 e. The molecule has 1 aliphatic heterocycles. The number of nitrogens with one attached hydrogen (secondary N) is 1. The number of methoxy groups -OCH3 is 1. The summed E-state index contributed by atoms with van der Waals surface area (Å²) < 4.78 is 5.37. The van der Waals surface area contributed by atoms with Crippen LogP contribution in [0.1, 0.15) is 11.1 Å². The van der Waals surface area contributed by atoms with Gasteiger partial charge >= 0.3 is 0 Å². The van der Waals surface area contributed by atoms with E-state index >= 15 is 0 Å². The number of imide groups is 1. The molecule has 6 nitrogen and oxygen atoms in total. The number of ether oxygens (including phenoxy) is 1. The van der Waals surface area contributed by atoms with Gasteiger partial charge in [-0.15, -0.1) is 0 Å². The van der Waals surface area contributed by atoms with Gasteiger partial charge < -0.3 is 10.1 Å². The molecule has 3 aromatic rings. The van der Waals surface area contributed by atoms with Gasteiger partial charge in [0, 0.05) is 22.4 Å². The van der Waals surface area contributed by atoms with Crippen LogP contribution in [0.5, 0.6) is 5.75 Å². The third-order valence-electron chi connectivity index (χ3n) is 4.79. The number of hydrogen-bond acceptors (Lipinski definition) is 5. The van der Waals surface area contributed by atoms with E-state index in [1.54, 1.807) is 67.0 Å². The number of amides is 2. The highest BCUT2D eigenvalue weighted by molar-refractivity contribution is 6.37. The maximum absolute atomic E-state index is 13.3. The average Bonchev–Trinajstić information content (AvgIpc) is 3.00. The molecule has 0 fully saturated rings. The van der Waals surface area contributed by atoms with E-state index in [-0.39, 0.29) is 17.8 Å². The Labute approximate surface area is 189 Å². The van der Waals surface area contributed by atoms with E-state index in [0.29, 0.717) is 27.0 Å². The van der Waals surface area contributed by atoms with Crippen molar-refractivity contribution in [2.24, 2.45) is 0 Å². The minimum atomic E-state index is -0.458. The highest BCUT2D eigenvalue weighted by Gasteiger charge is 2.39. The molecular formula is C23H17Cl2N3O3. The molecular weight excluding hydrogens is 437 g/mol. The summed E-state index contributed by atoms with van der Waals surface area (Å²) in [4.78, 5) is 31.9. The third kappa shape index (κ3) is 4.26. The van der Waals surface area contributed by atoms with Gasteiger partial charge in [0.05, 0.1) is 24.9 Å². The third-order valence-corrected chi connectivity index (χ3v) is 5.27. The van der Waals surface area contributed by atoms with Crippen LogP contribution in [0.2, 0.25) is 10.0 Å². The summed E-state index contributed by atoms with van der Waals surface area (Å²) >= 11 is 12.1. The molecule has 1 aromatic heterocycles. The number of nitrogens with zero attached hydrogens (tertiary/aromatic N) is 2. The summed E-state index contributed by atoms with van der Waals surface area (Å²) in [7, 11) is 1.51. The fourth-order valence-corrected chi connectivity index (χ4v) is 3.60. The number of halogens is 2. The van der Waals surface area contributed by atoms with Gasteiger partial charge in [-0.05, 0) is 47.5 Å². The van der Waals surface area contributed by atoms with Crippen LogP contribution in [0.25, 0.3) is 5.57 Å². The molecule has 156 valence electrons. The molecule has 0 unspecified atom stereocenters. The second-order valence-corrected chi connectivity index (χ2v) is 7.66. The zero-order valence-corrected chi connectivity index (χ0v) is 17.9. The van der Waals surface area contributed by atoms with Crippen molar-refractivity contribution in [2.75, 3.05) is 12.4 Å². The van der Waals surface area contributed by atoms with E-state index in [1.165, 1.54) is 12.0 Å². The molecule has 31 heavy (non-hydrogen) atoms. The van der Waals surface area contributed by atoms with E-state index in [2.05, 4.69) is 10.3 Å². The number of carbonyl (C=O) groups is 2. The second kappa shape index (κ2) is 8.79. The van der Waals surface area contributed by atoms with Crippen molar-refractivity contribution in [3.8, 4) is 5.75 Å². The number of carbonyl (C=O) groups excluding carboxylic acids is 2. The Morgan fingerprint density at radius 1 is 1.00 bits per heavy atom. The molecule has 1 N–H and O–H groups in total. The number of benzene rings is 2. The molecule has 0 radical (unpaired) electrons. The quantitative estimate of drug-likeness (QED) is 0.543. The Hall–Kier alpha value is -3.35. The van der Waals surface area contributed by atoms with Gasteiger partial charge in [0.15, 0.2) is 0 Å². The molecule has 1 aliphatic rings. The minimum absolute atomic E-state index is 0.0977. The lowest BCUT2D eigenvalue weighted by Gasteiger charge is -2.16. The average molecular weight is 454 g/mol. The van der Waals surface area contributed by atoms with Gasteiger partial charge in [0.1, 0.15) is 11.4 Å². The molecule has 0 saturated heterocycles. The molecule has 0 saturated carbocycles. The van der Waals surface area contributed by atoms with Crippen molar-refractivity contribution in [2.45, 2.75) is 6.54 Å². The van der Waals surface area contributed by atoms with Crippen LogP contribution < -0.4 is 10.1 Å². The van der Waals surface area contributed by atoms with E-state index in [1.807, 2.05) is 0 Å². The van der Waals surface area contributed by atoms with Crippen molar-refractivity contribution in [3.63, 3.8) is 0 Å². The number of anilines is 1. The van der Waals surface area contributed by atoms with Gasteiger partial charge in [-0.25, -0.2) is 0 Å². The maximum Gasteiger partial charge on any atom is 0.278 e. The monoisotopic (exact) mass is 453 g/mol. The van der Waals surface area contributed by atoms with Gasteiger partial charge in [-0.2, -0.15) is 0 Å². The maximum atomic E-state index is 13.3. The van der Waals surface area contributed by atoms with Crippen LogP contribution in [0, 0.1) is 0 Å². The minimum Gasteiger partial charge on any atom is -0.495 e. The lowest BCUT2D eigenvalue weighted by molar-refractivity contribution is -0.137. The normalized spacial score (nSPS) is 13.7. The Morgan fingerprint density at radius 2 is 1.74 bits per heavy atom. The Morgan fingerprint density at radius 3 is 2.42 bits per heavy atom. The van der Waals surface area contributed by atoms with Gasteiger partial charge in [-0.3, -0.25) is 19.5 Å². The molecule has 0 atom stereocenters. The standard InChI is InChI=1S/C23H17Cl2N3O3/c1-31-19-9-8-17(25)11-18(19)27-21-20(15-4-6-16(24)7-5-15)22(29)28(23(21)30)13-14-3-2-10-26-12-14/h2-12,27H,13H2,1H3. The molecule has 0 aliphatic carbocycles. The van der Waals surface area contributed by atoms with Gasteiger partial charge in [0.25, 0.3) is 11.8 Å². The predicted octanol–water partition coefficient (Wildman–Crippen LogP) is 4.79. The van der Waals surface area contributed by atoms with Crippen LogP contribution in [0.15, 0.2) is 72.7 Å². The Balaban J connectivity index is 1.78. The fraction of sp³-hybridized carbons (Fsp3) is 0.0870. The van der Waals surface area contributed by atoms with Crippen LogP contribution in [-0.2, 0) is 16.1 Å². The first-order valence-electron chi connectivity index (χ1n) is 9.34. The van der Waals surface area contributed by atoms with E-state index in [9.17, 15) is 9.59 Å². The van der Waals surface area contributed by atoms with Crippen LogP contribution in [0.3, 0.4) is 0 Å². The zero-order valence-electron chi connectivity index (χ0n) is 16.4. The van der Waals surface area contributed by atoms with E-state index in [0.717, 1.165) is 5.56 Å². The van der Waals surface area contributed by atoms with Gasteiger partial charge in [0.2, 0.25) is 0 Å². The molecule has 2 aromatic carbocycles. The van der Waals surface area contributed by atoms with Crippen molar-refractivity contribution in [1.29, 1.82) is 0 Å². The second-order valence-electron chi connectivity index (χ2n) is 6.78. The molecule has 2 amide bonds. The fourth-order valence-electron chi connectivity index (χ4n) is 3.31. The molecule has 2 heterocycles. The van der Waals surface area contributed by atoms with Crippen LogP contribution >= 0.6 is 23.2 Å². The van der Waals surface area contributed by atoms with Crippen molar-refractivity contribution < 1.29 is 14.3 Å². The first-order valence-corrected chi connectivity index (χ1v) is 10.1. The Bertz CT molecular complexity index is 1180. The van der Waals surface area contributed by atoms with Crippen LogP contribution in [-0.4, -0.2) is 28.8 Å². The first-order chi connectivity index (χ1) is 15.0. The van der Waals surface area contributed by atoms with Crippen molar-refractivity contribution >= 4 is 46.3 Å². The smallest absolute Gasteiger partial charge is 0.278 e. The summed E-state index contributed by atoms with van der Waals surface area (Å²) in [6.07, 6.45) is 3.25. The molecule has 0 spiro atoms. The molecule has 8 heteroatoms. The van der Waals surface area contributed by atoms with Crippen LogP contribution in [0.4, 0.5) is 5.69 Å². The highest BCUT2D eigenvalue weighted by Crippen LogP contribution is 2.35. The first kappa shape index (κ1) is 20.9. The zero-order chi connectivity index (χ0) is 22.0. The van der Waals surface area contributed by atoms with Crippen molar-refractivity contribution in [1.82, 2.24) is 9.88 Å². The summed E-state index contributed by atoms with van der Waals surface area (Å²) in [5, 5.41) is 4.06. The lowest BCUT2D eigenvalue weighted by Crippen LogP contribution is -2.32. The lowest BCUT2D eigenvalue weighted by atomic mass is 10.0. The van der Waals surface area contributed by atoms with E-state index < -0.39 is 11.8 Å². The number of pyridine rings is 1. The Kier molecular flexibility index (Phi) is 5.93. The topological polar surface area (TPSA) is 71.5 Å². The van der Waals surface area contributed by atoms with Gasteiger partial charge in [-0.1, -0.05) is 41.4 Å². The molecule has 0 bridgehead atoms. The summed E-state index contributed by atoms with van der Waals surface area (Å²) in [5.74, 6) is -0.390. The highest BCUT2D eigenvalue weighted by atomic mass is 35.5. The number of hydrogen-bond donors (Lipinski definition) is 1. The number of rotatable bonds is 6. The summed E-state index contributed by atoms with van der Waals surface area (Å²) in [6, 6.07) is 15.3. The SMILES string of the molecule is COc1ccc(Cl)cc1NC1=C(c2ccc(Cl)cc2)C(=O)N(Cc2cccnc2)C1=O. The van der Waals surface area contributed by atoms with E-state index in [4.69, 9.17) is 27.9 Å². The number of aromatic nitrogens is 1. The predicted molar refractivity (Wildman–Crippen MR) is 120 cm³/mol.